The van der Waals surface area contributed by atoms with Crippen molar-refractivity contribution in [3.8, 4) is 0 Å². The molecule has 0 aliphatic heterocycles. The Balaban J connectivity index is 1.87. The fourth-order valence-corrected chi connectivity index (χ4v) is 3.15. The Bertz CT molecular complexity index is 522. The molecular formula is C13H18BrN3O2S. The normalized spacial score (nSPS) is 19.4. The van der Waals surface area contributed by atoms with Gasteiger partial charge in [0.25, 0.3) is 0 Å². The summed E-state index contributed by atoms with van der Waals surface area (Å²) in [4.78, 5) is 11.7. The van der Waals surface area contributed by atoms with E-state index < -0.39 is 5.60 Å². The second kappa shape index (κ2) is 6.22. The Hall–Kier alpha value is -0.950. The van der Waals surface area contributed by atoms with Crippen LogP contribution in [0, 0.1) is 0 Å². The standard InChI is InChI=1S/C13H18BrN3O2S/c1-13(2,3)19-12(18)15-9-6-4-8(5-7-9)10-16-17-11(14)20-10/h4,9H,5-7H2,1-3H3,(H,15,18). The molecule has 0 bridgehead atoms. The minimum Gasteiger partial charge on any atom is -0.444 e. The minimum atomic E-state index is -0.460. The van der Waals surface area contributed by atoms with E-state index in [1.165, 1.54) is 16.9 Å². The van der Waals surface area contributed by atoms with E-state index in [0.29, 0.717) is 0 Å². The smallest absolute Gasteiger partial charge is 0.407 e. The number of allylic oxidation sites excluding steroid dienone is 1. The van der Waals surface area contributed by atoms with E-state index in [0.717, 1.165) is 28.2 Å². The van der Waals surface area contributed by atoms with Crippen LogP contribution in [0.15, 0.2) is 9.99 Å². The van der Waals surface area contributed by atoms with Crippen LogP contribution in [-0.2, 0) is 4.74 Å². The SMILES string of the molecule is CC(C)(C)OC(=O)NC1CC=C(c2nnc(Br)s2)CC1. The third-order valence-corrected chi connectivity index (χ3v) is 4.24. The third kappa shape index (κ3) is 4.56. The molecule has 1 aliphatic carbocycles. The molecule has 1 aromatic heterocycles. The van der Waals surface area contributed by atoms with Crippen molar-refractivity contribution in [1.82, 2.24) is 15.5 Å². The highest BCUT2D eigenvalue weighted by atomic mass is 79.9. The maximum Gasteiger partial charge on any atom is 0.407 e. The van der Waals surface area contributed by atoms with E-state index in [4.69, 9.17) is 4.74 Å². The van der Waals surface area contributed by atoms with Gasteiger partial charge >= 0.3 is 6.09 Å². The number of ether oxygens (including phenoxy) is 1. The van der Waals surface area contributed by atoms with Gasteiger partial charge in [0.15, 0.2) is 3.92 Å². The van der Waals surface area contributed by atoms with Crippen molar-refractivity contribution in [2.24, 2.45) is 0 Å². The number of hydrogen-bond donors (Lipinski definition) is 1. The number of alkyl carbamates (subject to hydrolysis) is 1. The van der Waals surface area contributed by atoms with E-state index in [1.807, 2.05) is 20.8 Å². The van der Waals surface area contributed by atoms with E-state index >= 15 is 0 Å². The summed E-state index contributed by atoms with van der Waals surface area (Å²) in [6.07, 6.45) is 4.35. The van der Waals surface area contributed by atoms with Crippen LogP contribution in [0.2, 0.25) is 0 Å². The van der Waals surface area contributed by atoms with Gasteiger partial charge in [-0.25, -0.2) is 4.79 Å². The zero-order valence-electron chi connectivity index (χ0n) is 11.8. The van der Waals surface area contributed by atoms with Crippen molar-refractivity contribution in [1.29, 1.82) is 0 Å². The molecule has 0 fully saturated rings. The van der Waals surface area contributed by atoms with Gasteiger partial charge < -0.3 is 10.1 Å². The number of nitrogens with zero attached hydrogens (tertiary/aromatic N) is 2. The summed E-state index contributed by atoms with van der Waals surface area (Å²) in [6, 6.07) is 0.130. The highest BCUT2D eigenvalue weighted by Crippen LogP contribution is 2.30. The van der Waals surface area contributed by atoms with Crippen molar-refractivity contribution < 1.29 is 9.53 Å². The summed E-state index contributed by atoms with van der Waals surface area (Å²) in [5.41, 5.74) is 0.744. The van der Waals surface area contributed by atoms with Gasteiger partial charge in [-0.3, -0.25) is 0 Å². The number of aromatic nitrogens is 2. The molecule has 2 rings (SSSR count). The molecule has 1 atom stereocenters. The molecule has 1 N–H and O–H groups in total. The maximum absolute atomic E-state index is 11.7. The van der Waals surface area contributed by atoms with Gasteiger partial charge in [-0.2, -0.15) is 0 Å². The summed E-state index contributed by atoms with van der Waals surface area (Å²) < 4.78 is 6.05. The molecule has 20 heavy (non-hydrogen) atoms. The lowest BCUT2D eigenvalue weighted by atomic mass is 9.96. The van der Waals surface area contributed by atoms with Crippen LogP contribution in [0.4, 0.5) is 4.79 Å². The molecule has 5 nitrogen and oxygen atoms in total. The van der Waals surface area contributed by atoms with Gasteiger partial charge in [0.1, 0.15) is 10.6 Å². The summed E-state index contributed by atoms with van der Waals surface area (Å²) in [7, 11) is 0. The molecule has 0 saturated carbocycles. The van der Waals surface area contributed by atoms with Gasteiger partial charge in [-0.1, -0.05) is 17.4 Å². The van der Waals surface area contributed by atoms with Crippen LogP contribution >= 0.6 is 27.3 Å². The fourth-order valence-electron chi connectivity index (χ4n) is 1.97. The Labute approximate surface area is 130 Å². The average molecular weight is 360 g/mol. The highest BCUT2D eigenvalue weighted by molar-refractivity contribution is 9.11. The lowest BCUT2D eigenvalue weighted by molar-refractivity contribution is 0.0502. The van der Waals surface area contributed by atoms with Crippen molar-refractivity contribution in [2.45, 2.75) is 51.7 Å². The lowest BCUT2D eigenvalue weighted by Gasteiger charge is -2.25. The Morgan fingerprint density at radius 1 is 1.50 bits per heavy atom. The topological polar surface area (TPSA) is 64.1 Å². The van der Waals surface area contributed by atoms with Crippen molar-refractivity contribution in [2.75, 3.05) is 0 Å². The number of halogens is 1. The van der Waals surface area contributed by atoms with Crippen molar-refractivity contribution in [3.05, 3.63) is 15.0 Å². The first-order valence-corrected chi connectivity index (χ1v) is 8.12. The maximum atomic E-state index is 11.7. The summed E-state index contributed by atoms with van der Waals surface area (Å²) in [5, 5.41) is 11.9. The molecule has 110 valence electrons. The molecule has 1 aromatic rings. The van der Waals surface area contributed by atoms with Crippen LogP contribution in [-0.4, -0.2) is 27.9 Å². The van der Waals surface area contributed by atoms with Crippen LogP contribution < -0.4 is 5.32 Å². The van der Waals surface area contributed by atoms with Crippen molar-refractivity contribution in [3.63, 3.8) is 0 Å². The molecule has 1 amide bonds. The molecule has 0 radical (unpaired) electrons. The van der Waals surface area contributed by atoms with Crippen LogP contribution in [0.25, 0.3) is 5.57 Å². The predicted molar refractivity (Wildman–Crippen MR) is 82.6 cm³/mol. The zero-order chi connectivity index (χ0) is 14.8. The summed E-state index contributed by atoms with van der Waals surface area (Å²) >= 11 is 4.85. The first-order chi connectivity index (χ1) is 9.33. The van der Waals surface area contributed by atoms with E-state index in [2.05, 4.69) is 37.5 Å². The number of rotatable bonds is 2. The average Bonchev–Trinajstić information content (AvgIpc) is 2.74. The molecular weight excluding hydrogens is 342 g/mol. The Kier molecular flexibility index (Phi) is 4.80. The van der Waals surface area contributed by atoms with Crippen LogP contribution in [0.3, 0.4) is 0 Å². The van der Waals surface area contributed by atoms with E-state index in [9.17, 15) is 4.79 Å². The predicted octanol–water partition coefficient (Wildman–Crippen LogP) is 3.76. The quantitative estimate of drug-likeness (QED) is 0.872. The Morgan fingerprint density at radius 3 is 2.75 bits per heavy atom. The molecule has 0 saturated heterocycles. The second-order valence-corrected chi connectivity index (χ2v) is 7.96. The molecule has 0 aromatic carbocycles. The monoisotopic (exact) mass is 359 g/mol. The number of carbonyl (C=O) groups excluding carboxylic acids is 1. The van der Waals surface area contributed by atoms with Gasteiger partial charge in [0, 0.05) is 6.04 Å². The molecule has 1 aliphatic rings. The minimum absolute atomic E-state index is 0.130. The summed E-state index contributed by atoms with van der Waals surface area (Å²) in [6.45, 7) is 5.58. The van der Waals surface area contributed by atoms with Crippen LogP contribution in [0.5, 0.6) is 0 Å². The van der Waals surface area contributed by atoms with Gasteiger partial charge in [0.05, 0.1) is 0 Å². The number of hydrogen-bond acceptors (Lipinski definition) is 5. The van der Waals surface area contributed by atoms with E-state index in [1.54, 1.807) is 0 Å². The largest absolute Gasteiger partial charge is 0.444 e. The fraction of sp³-hybridized carbons (Fsp3) is 0.615. The van der Waals surface area contributed by atoms with Gasteiger partial charge in [-0.15, -0.1) is 10.2 Å². The van der Waals surface area contributed by atoms with Gasteiger partial charge in [-0.05, 0) is 61.5 Å². The molecule has 7 heteroatoms. The molecule has 0 spiro atoms. The number of nitrogens with one attached hydrogen (secondary N) is 1. The Morgan fingerprint density at radius 2 is 2.25 bits per heavy atom. The van der Waals surface area contributed by atoms with Gasteiger partial charge in [0.2, 0.25) is 0 Å². The molecule has 1 unspecified atom stereocenters. The second-order valence-electron chi connectivity index (χ2n) is 5.71. The van der Waals surface area contributed by atoms with E-state index in [-0.39, 0.29) is 12.1 Å². The number of carbonyl (C=O) groups is 1. The lowest BCUT2D eigenvalue weighted by Crippen LogP contribution is -2.39. The molecule has 1 heterocycles. The van der Waals surface area contributed by atoms with Crippen LogP contribution in [0.1, 0.15) is 45.0 Å². The summed E-state index contributed by atoms with van der Waals surface area (Å²) in [5.74, 6) is 0. The number of amides is 1. The third-order valence-electron chi connectivity index (χ3n) is 2.81. The highest BCUT2D eigenvalue weighted by Gasteiger charge is 2.22. The first kappa shape index (κ1) is 15.4. The first-order valence-electron chi connectivity index (χ1n) is 6.51. The zero-order valence-corrected chi connectivity index (χ0v) is 14.2. The van der Waals surface area contributed by atoms with Crippen molar-refractivity contribution >= 4 is 38.9 Å².